The fourth-order valence-corrected chi connectivity index (χ4v) is 5.67. The van der Waals surface area contributed by atoms with Gasteiger partial charge in [-0.15, -0.1) is 0 Å². The Balaban J connectivity index is 1.62. The van der Waals surface area contributed by atoms with Crippen LogP contribution in [-0.4, -0.2) is 52.1 Å². The van der Waals surface area contributed by atoms with E-state index in [0.717, 1.165) is 17.5 Å². The molecule has 0 atom stereocenters. The molecule has 0 amide bonds. The Labute approximate surface area is 187 Å². The Kier molecular flexibility index (Phi) is 4.65. The number of aromatic nitrogens is 3. The molecular weight excluding hydrogens is 426 g/mol. The van der Waals surface area contributed by atoms with Gasteiger partial charge >= 0.3 is 0 Å². The summed E-state index contributed by atoms with van der Waals surface area (Å²) in [5.41, 5.74) is 2.66. The summed E-state index contributed by atoms with van der Waals surface area (Å²) >= 11 is 0. The van der Waals surface area contributed by atoms with Crippen LogP contribution in [0.2, 0.25) is 0 Å². The lowest BCUT2D eigenvalue weighted by atomic mass is 9.96. The quantitative estimate of drug-likeness (QED) is 0.603. The highest BCUT2D eigenvalue weighted by molar-refractivity contribution is 7.89. The van der Waals surface area contributed by atoms with Crippen LogP contribution in [0.1, 0.15) is 36.5 Å². The highest BCUT2D eigenvalue weighted by Gasteiger charge is 2.45. The Bertz CT molecular complexity index is 1330. The Morgan fingerprint density at radius 2 is 1.69 bits per heavy atom. The molecule has 0 N–H and O–H groups in total. The molecule has 0 bridgehead atoms. The number of hydrogen-bond donors (Lipinski definition) is 0. The first-order chi connectivity index (χ1) is 15.2. The van der Waals surface area contributed by atoms with Crippen LogP contribution in [0.15, 0.2) is 53.9 Å². The molecule has 1 fully saturated rings. The van der Waals surface area contributed by atoms with Gasteiger partial charge < -0.3 is 4.90 Å². The number of pyridine rings is 1. The van der Waals surface area contributed by atoms with E-state index in [2.05, 4.69) is 15.0 Å². The van der Waals surface area contributed by atoms with Crippen molar-refractivity contribution in [2.24, 2.45) is 0 Å². The van der Waals surface area contributed by atoms with E-state index in [0.29, 0.717) is 35.9 Å². The predicted molar refractivity (Wildman–Crippen MR) is 120 cm³/mol. The number of Topliss-reactive ketones (excluding diaryl/α,β-unsaturated/α-hetero) is 1. The van der Waals surface area contributed by atoms with E-state index < -0.39 is 15.6 Å². The average molecular weight is 450 g/mol. The summed E-state index contributed by atoms with van der Waals surface area (Å²) in [6, 6.07) is 7.22. The van der Waals surface area contributed by atoms with Crippen molar-refractivity contribution in [3.63, 3.8) is 0 Å². The number of sulfonamides is 1. The highest BCUT2D eigenvalue weighted by Crippen LogP contribution is 2.45. The summed E-state index contributed by atoms with van der Waals surface area (Å²) in [7, 11) is -3.59. The molecule has 164 valence electrons. The third-order valence-corrected chi connectivity index (χ3v) is 7.99. The molecule has 9 heteroatoms. The van der Waals surface area contributed by atoms with Crippen LogP contribution >= 0.6 is 0 Å². The van der Waals surface area contributed by atoms with Gasteiger partial charge in [0, 0.05) is 42.8 Å². The molecule has 1 aromatic carbocycles. The summed E-state index contributed by atoms with van der Waals surface area (Å²) in [5, 5.41) is 0. The third-order valence-electron chi connectivity index (χ3n) is 6.12. The van der Waals surface area contributed by atoms with E-state index in [1.165, 1.54) is 10.5 Å². The minimum Gasteiger partial charge on any atom is -0.326 e. The van der Waals surface area contributed by atoms with Crippen LogP contribution in [0.25, 0.3) is 11.1 Å². The van der Waals surface area contributed by atoms with Gasteiger partial charge in [0.05, 0.1) is 17.6 Å². The molecule has 0 saturated carbocycles. The van der Waals surface area contributed by atoms with Crippen molar-refractivity contribution >= 4 is 27.2 Å². The number of fused-ring (bicyclic) bond motifs is 1. The van der Waals surface area contributed by atoms with Crippen molar-refractivity contribution in [2.45, 2.75) is 37.6 Å². The smallest absolute Gasteiger partial charge is 0.244 e. The van der Waals surface area contributed by atoms with Gasteiger partial charge in [-0.25, -0.2) is 18.4 Å². The zero-order valence-electron chi connectivity index (χ0n) is 18.1. The van der Waals surface area contributed by atoms with Crippen molar-refractivity contribution in [3.8, 4) is 11.1 Å². The maximum atomic E-state index is 13.2. The van der Waals surface area contributed by atoms with Crippen molar-refractivity contribution in [2.75, 3.05) is 18.0 Å². The molecule has 2 aliphatic heterocycles. The summed E-state index contributed by atoms with van der Waals surface area (Å²) in [6.07, 6.45) is 7.32. The maximum Gasteiger partial charge on any atom is 0.244 e. The van der Waals surface area contributed by atoms with Gasteiger partial charge in [0.1, 0.15) is 16.3 Å². The molecule has 0 unspecified atom stereocenters. The van der Waals surface area contributed by atoms with Gasteiger partial charge in [-0.2, -0.15) is 4.31 Å². The van der Waals surface area contributed by atoms with Crippen molar-refractivity contribution in [1.82, 2.24) is 19.3 Å². The van der Waals surface area contributed by atoms with E-state index in [1.54, 1.807) is 24.7 Å². The standard InChI is InChI=1S/C23H23N5O3S/c1-15-25-11-17(12-26-15)16-5-6-20-21(9-16)28(23(2,3)22(20)29)18-10-19(14-24-13-18)32(30,31)27-7-4-8-27/h5-6,9-14H,4,7-8H2,1-3H3. The number of benzene rings is 1. The average Bonchev–Trinajstić information content (AvgIpc) is 2.92. The number of nitrogens with zero attached hydrogens (tertiary/aromatic N) is 5. The van der Waals surface area contributed by atoms with E-state index in [-0.39, 0.29) is 10.7 Å². The fraction of sp³-hybridized carbons (Fsp3) is 0.304. The van der Waals surface area contributed by atoms with Crippen LogP contribution in [0, 0.1) is 6.92 Å². The first kappa shape index (κ1) is 20.7. The third kappa shape index (κ3) is 3.11. The second-order valence-corrected chi connectivity index (χ2v) is 10.5. The molecular formula is C23H23N5O3S. The van der Waals surface area contributed by atoms with Gasteiger partial charge in [-0.05, 0) is 51.0 Å². The molecule has 0 aliphatic carbocycles. The highest BCUT2D eigenvalue weighted by atomic mass is 32.2. The molecule has 8 nitrogen and oxygen atoms in total. The zero-order valence-corrected chi connectivity index (χ0v) is 18.9. The lowest BCUT2D eigenvalue weighted by molar-refractivity contribution is 0.0929. The second-order valence-electron chi connectivity index (χ2n) is 8.61. The topological polar surface area (TPSA) is 96.4 Å². The van der Waals surface area contributed by atoms with Crippen LogP contribution in [-0.2, 0) is 10.0 Å². The van der Waals surface area contributed by atoms with E-state index in [1.807, 2.05) is 43.9 Å². The number of carbonyl (C=O) groups is 1. The molecule has 0 radical (unpaired) electrons. The normalized spacial score (nSPS) is 17.8. The number of ketones is 1. The number of rotatable bonds is 4. The van der Waals surface area contributed by atoms with Crippen LogP contribution < -0.4 is 4.90 Å². The Morgan fingerprint density at radius 1 is 0.969 bits per heavy atom. The number of aryl methyl sites for hydroxylation is 1. The maximum absolute atomic E-state index is 13.2. The molecule has 1 saturated heterocycles. The number of hydrogen-bond acceptors (Lipinski definition) is 7. The van der Waals surface area contributed by atoms with E-state index in [4.69, 9.17) is 0 Å². The molecule has 0 spiro atoms. The summed E-state index contributed by atoms with van der Waals surface area (Å²) in [4.78, 5) is 28.0. The summed E-state index contributed by atoms with van der Waals surface area (Å²) in [5.74, 6) is 0.648. The van der Waals surface area contributed by atoms with Crippen LogP contribution in [0.4, 0.5) is 11.4 Å². The first-order valence-corrected chi connectivity index (χ1v) is 11.9. The van der Waals surface area contributed by atoms with Crippen molar-refractivity contribution in [1.29, 1.82) is 0 Å². The van der Waals surface area contributed by atoms with Gasteiger partial charge in [0.2, 0.25) is 10.0 Å². The zero-order chi connectivity index (χ0) is 22.7. The van der Waals surface area contributed by atoms with Crippen molar-refractivity contribution in [3.05, 3.63) is 60.4 Å². The molecule has 5 rings (SSSR count). The minimum absolute atomic E-state index is 0.0322. The van der Waals surface area contributed by atoms with Crippen LogP contribution in [0.5, 0.6) is 0 Å². The van der Waals surface area contributed by atoms with Gasteiger partial charge in [0.25, 0.3) is 0 Å². The monoisotopic (exact) mass is 449 g/mol. The lowest BCUT2D eigenvalue weighted by Crippen LogP contribution is -2.43. The van der Waals surface area contributed by atoms with E-state index >= 15 is 0 Å². The van der Waals surface area contributed by atoms with Gasteiger partial charge in [-0.1, -0.05) is 6.07 Å². The Morgan fingerprint density at radius 3 is 2.34 bits per heavy atom. The molecule has 4 heterocycles. The largest absolute Gasteiger partial charge is 0.326 e. The Hall–Kier alpha value is -3.17. The van der Waals surface area contributed by atoms with Crippen molar-refractivity contribution < 1.29 is 13.2 Å². The lowest BCUT2D eigenvalue weighted by Gasteiger charge is -2.33. The molecule has 2 aromatic heterocycles. The SMILES string of the molecule is Cc1ncc(-c2ccc3c(c2)N(c2cncc(S(=O)(=O)N4CCC4)c2)C(C)(C)C3=O)cn1. The molecule has 3 aromatic rings. The first-order valence-electron chi connectivity index (χ1n) is 10.4. The molecule has 32 heavy (non-hydrogen) atoms. The predicted octanol–water partition coefficient (Wildman–Crippen LogP) is 3.35. The van der Waals surface area contributed by atoms with Gasteiger partial charge in [-0.3, -0.25) is 9.78 Å². The summed E-state index contributed by atoms with van der Waals surface area (Å²) in [6.45, 7) is 6.53. The minimum atomic E-state index is -3.59. The fourth-order valence-electron chi connectivity index (χ4n) is 4.17. The van der Waals surface area contributed by atoms with Gasteiger partial charge in [0.15, 0.2) is 5.78 Å². The second kappa shape index (κ2) is 7.18. The molecule has 2 aliphatic rings. The summed E-state index contributed by atoms with van der Waals surface area (Å²) < 4.78 is 27.3. The number of anilines is 2. The van der Waals surface area contributed by atoms with Crippen LogP contribution in [0.3, 0.4) is 0 Å². The van der Waals surface area contributed by atoms with E-state index in [9.17, 15) is 13.2 Å². The number of carbonyl (C=O) groups excluding carboxylic acids is 1.